The van der Waals surface area contributed by atoms with Crippen LogP contribution in [0.5, 0.6) is 0 Å². The van der Waals surface area contributed by atoms with Crippen LogP contribution < -0.4 is 5.73 Å². The molecule has 1 atom stereocenters. The van der Waals surface area contributed by atoms with Crippen molar-refractivity contribution in [1.29, 1.82) is 0 Å². The molecule has 1 aromatic carbocycles. The minimum atomic E-state index is 0.169. The molecule has 1 aliphatic rings. The van der Waals surface area contributed by atoms with Gasteiger partial charge in [-0.05, 0) is 17.7 Å². The molecule has 0 saturated carbocycles. The summed E-state index contributed by atoms with van der Waals surface area (Å²) in [6.07, 6.45) is 1.03. The standard InChI is InChI=1S/C10H11BrN2O/c11-6-9-5-10(13-14-9)7-1-3-8(12)4-2-7/h1-4,9H,5-6,12H2/t9-/m0/s1. The summed E-state index contributed by atoms with van der Waals surface area (Å²) >= 11 is 3.37. The molecule has 0 saturated heterocycles. The molecule has 1 aliphatic heterocycles. The van der Waals surface area contributed by atoms with Crippen LogP contribution in [0, 0.1) is 0 Å². The average molecular weight is 255 g/mol. The van der Waals surface area contributed by atoms with Crippen LogP contribution in [0.1, 0.15) is 12.0 Å². The second-order valence-electron chi connectivity index (χ2n) is 3.25. The van der Waals surface area contributed by atoms with Crippen molar-refractivity contribution in [3.8, 4) is 0 Å². The van der Waals surface area contributed by atoms with Crippen molar-refractivity contribution in [2.24, 2.45) is 5.16 Å². The van der Waals surface area contributed by atoms with Gasteiger partial charge in [-0.2, -0.15) is 0 Å². The first-order valence-electron chi connectivity index (χ1n) is 4.44. The summed E-state index contributed by atoms with van der Waals surface area (Å²) in [7, 11) is 0. The number of benzene rings is 1. The molecular formula is C10H11BrN2O. The molecule has 0 aromatic heterocycles. The third kappa shape index (κ3) is 1.90. The first kappa shape index (κ1) is 9.52. The lowest BCUT2D eigenvalue weighted by atomic mass is 10.1. The number of hydrogen-bond acceptors (Lipinski definition) is 3. The summed E-state index contributed by atoms with van der Waals surface area (Å²) in [5, 5.41) is 4.85. The normalized spacial score (nSPS) is 20.4. The van der Waals surface area contributed by atoms with Gasteiger partial charge in [-0.3, -0.25) is 0 Å². The molecule has 0 aliphatic carbocycles. The molecule has 14 heavy (non-hydrogen) atoms. The fourth-order valence-electron chi connectivity index (χ4n) is 1.36. The number of alkyl halides is 1. The lowest BCUT2D eigenvalue weighted by Crippen LogP contribution is -2.09. The van der Waals surface area contributed by atoms with Crippen molar-refractivity contribution in [1.82, 2.24) is 0 Å². The van der Waals surface area contributed by atoms with Gasteiger partial charge in [0.25, 0.3) is 0 Å². The van der Waals surface area contributed by atoms with Gasteiger partial charge in [0.1, 0.15) is 6.10 Å². The molecule has 0 unspecified atom stereocenters. The second-order valence-corrected chi connectivity index (χ2v) is 3.89. The van der Waals surface area contributed by atoms with E-state index < -0.39 is 0 Å². The van der Waals surface area contributed by atoms with Gasteiger partial charge in [-0.15, -0.1) is 0 Å². The number of nitrogen functional groups attached to an aromatic ring is 1. The number of hydrogen-bond donors (Lipinski definition) is 1. The molecule has 1 aromatic rings. The Bertz CT molecular complexity index is 348. The zero-order chi connectivity index (χ0) is 9.97. The molecule has 0 bridgehead atoms. The fourth-order valence-corrected chi connectivity index (χ4v) is 1.70. The van der Waals surface area contributed by atoms with Crippen LogP contribution in [-0.4, -0.2) is 17.1 Å². The van der Waals surface area contributed by atoms with Gasteiger partial charge in [0.2, 0.25) is 0 Å². The van der Waals surface area contributed by atoms with Gasteiger partial charge >= 0.3 is 0 Å². The molecule has 74 valence electrons. The highest BCUT2D eigenvalue weighted by Crippen LogP contribution is 2.18. The van der Waals surface area contributed by atoms with Crippen molar-refractivity contribution >= 4 is 27.3 Å². The van der Waals surface area contributed by atoms with Crippen LogP contribution >= 0.6 is 15.9 Å². The van der Waals surface area contributed by atoms with E-state index in [0.717, 1.165) is 28.7 Å². The summed E-state index contributed by atoms with van der Waals surface area (Å²) in [5.74, 6) is 0. The number of halogens is 1. The van der Waals surface area contributed by atoms with E-state index in [2.05, 4.69) is 21.1 Å². The quantitative estimate of drug-likeness (QED) is 0.650. The lowest BCUT2D eigenvalue weighted by Gasteiger charge is -2.01. The summed E-state index contributed by atoms with van der Waals surface area (Å²) in [5.41, 5.74) is 8.45. The highest BCUT2D eigenvalue weighted by molar-refractivity contribution is 9.09. The van der Waals surface area contributed by atoms with Gasteiger partial charge in [0, 0.05) is 17.4 Å². The Labute approximate surface area is 91.1 Å². The zero-order valence-electron chi connectivity index (χ0n) is 7.61. The lowest BCUT2D eigenvalue weighted by molar-refractivity contribution is 0.104. The van der Waals surface area contributed by atoms with Crippen molar-refractivity contribution in [2.45, 2.75) is 12.5 Å². The number of rotatable bonds is 2. The molecule has 3 nitrogen and oxygen atoms in total. The van der Waals surface area contributed by atoms with Gasteiger partial charge in [-0.25, -0.2) is 0 Å². The van der Waals surface area contributed by atoms with Gasteiger partial charge in [0.05, 0.1) is 5.71 Å². The molecule has 0 amide bonds. The van der Waals surface area contributed by atoms with E-state index in [1.165, 1.54) is 0 Å². The Morgan fingerprint density at radius 2 is 2.14 bits per heavy atom. The fraction of sp³-hybridized carbons (Fsp3) is 0.300. The maximum absolute atomic E-state index is 5.60. The first-order valence-corrected chi connectivity index (χ1v) is 5.56. The summed E-state index contributed by atoms with van der Waals surface area (Å²) in [6.45, 7) is 0. The zero-order valence-corrected chi connectivity index (χ0v) is 9.20. The summed E-state index contributed by atoms with van der Waals surface area (Å²) < 4.78 is 0. The summed E-state index contributed by atoms with van der Waals surface area (Å²) in [4.78, 5) is 5.21. The van der Waals surface area contributed by atoms with Crippen molar-refractivity contribution in [3.63, 3.8) is 0 Å². The molecule has 2 N–H and O–H groups in total. The third-order valence-corrected chi connectivity index (χ3v) is 2.87. The Morgan fingerprint density at radius 3 is 2.71 bits per heavy atom. The van der Waals surface area contributed by atoms with Gasteiger partial charge in [-0.1, -0.05) is 33.2 Å². The number of nitrogens with zero attached hydrogens (tertiary/aromatic N) is 1. The maximum Gasteiger partial charge on any atom is 0.142 e. The smallest absolute Gasteiger partial charge is 0.142 e. The molecule has 0 spiro atoms. The Morgan fingerprint density at radius 1 is 1.43 bits per heavy atom. The van der Waals surface area contributed by atoms with E-state index in [0.29, 0.717) is 0 Å². The van der Waals surface area contributed by atoms with E-state index in [-0.39, 0.29) is 6.10 Å². The Kier molecular flexibility index (Phi) is 2.72. The van der Waals surface area contributed by atoms with E-state index in [9.17, 15) is 0 Å². The third-order valence-electron chi connectivity index (χ3n) is 2.15. The molecular weight excluding hydrogens is 244 g/mol. The maximum atomic E-state index is 5.60. The predicted molar refractivity (Wildman–Crippen MR) is 60.7 cm³/mol. The second kappa shape index (κ2) is 4.00. The topological polar surface area (TPSA) is 47.6 Å². The van der Waals surface area contributed by atoms with E-state index in [1.54, 1.807) is 0 Å². The van der Waals surface area contributed by atoms with Crippen LogP contribution in [0.15, 0.2) is 29.4 Å². The molecule has 2 rings (SSSR count). The van der Waals surface area contributed by atoms with Crippen LogP contribution in [0.4, 0.5) is 5.69 Å². The van der Waals surface area contributed by atoms with Crippen molar-refractivity contribution < 1.29 is 4.84 Å². The van der Waals surface area contributed by atoms with Crippen molar-refractivity contribution in [3.05, 3.63) is 29.8 Å². The number of nitrogens with two attached hydrogens (primary N) is 1. The highest BCUT2D eigenvalue weighted by atomic mass is 79.9. The van der Waals surface area contributed by atoms with Crippen LogP contribution in [-0.2, 0) is 4.84 Å². The Hall–Kier alpha value is -1.03. The highest BCUT2D eigenvalue weighted by Gasteiger charge is 2.20. The average Bonchev–Trinajstić information content (AvgIpc) is 2.67. The summed E-state index contributed by atoms with van der Waals surface area (Å²) in [6, 6.07) is 7.68. The SMILES string of the molecule is Nc1ccc(C2=NO[C@H](CBr)C2)cc1. The van der Waals surface area contributed by atoms with E-state index in [1.807, 2.05) is 24.3 Å². The minimum absolute atomic E-state index is 0.169. The first-order chi connectivity index (χ1) is 6.79. The van der Waals surface area contributed by atoms with Gasteiger partial charge in [0.15, 0.2) is 0 Å². The van der Waals surface area contributed by atoms with Gasteiger partial charge < -0.3 is 10.6 Å². The molecule has 0 radical (unpaired) electrons. The molecule has 1 heterocycles. The van der Waals surface area contributed by atoms with Crippen LogP contribution in [0.25, 0.3) is 0 Å². The van der Waals surface area contributed by atoms with Crippen LogP contribution in [0.3, 0.4) is 0 Å². The largest absolute Gasteiger partial charge is 0.399 e. The monoisotopic (exact) mass is 254 g/mol. The van der Waals surface area contributed by atoms with E-state index in [4.69, 9.17) is 10.6 Å². The number of oxime groups is 1. The van der Waals surface area contributed by atoms with Crippen LogP contribution in [0.2, 0.25) is 0 Å². The van der Waals surface area contributed by atoms with Crippen molar-refractivity contribution in [2.75, 3.05) is 11.1 Å². The molecule has 0 fully saturated rings. The Balaban J connectivity index is 2.13. The minimum Gasteiger partial charge on any atom is -0.399 e. The molecule has 4 heteroatoms. The predicted octanol–water partition coefficient (Wildman–Crippen LogP) is 2.16. The van der Waals surface area contributed by atoms with E-state index >= 15 is 0 Å². The number of anilines is 1.